The predicted molar refractivity (Wildman–Crippen MR) is 97.9 cm³/mol. The molecule has 4 nitrogen and oxygen atoms in total. The number of rotatable bonds is 6. The number of carbonyl (C=O) groups excluding carboxylic acids is 2. The molecule has 0 spiro atoms. The highest BCUT2D eigenvalue weighted by molar-refractivity contribution is 5.85. The molecule has 0 aliphatic carbocycles. The standard InChI is InChI=1S/C21H25NO3/c1-21(2,3)25-20(24)19(17-12-8-5-9-13-17)22-18(23)15-14-16-10-6-4-7-11-16/h4-13,19H,14-15H2,1-3H3,(H,22,23)/t19-/m0/s1. The van der Waals surface area contributed by atoms with E-state index in [1.807, 2.05) is 81.4 Å². The van der Waals surface area contributed by atoms with E-state index < -0.39 is 17.6 Å². The SMILES string of the molecule is CC(C)(C)OC(=O)[C@@H](NC(=O)CCc1ccccc1)c1ccccc1. The van der Waals surface area contributed by atoms with Crippen LogP contribution in [0.2, 0.25) is 0 Å². The lowest BCUT2D eigenvalue weighted by atomic mass is 10.1. The van der Waals surface area contributed by atoms with E-state index >= 15 is 0 Å². The third-order valence-corrected chi connectivity index (χ3v) is 3.56. The Balaban J connectivity index is 2.05. The van der Waals surface area contributed by atoms with Gasteiger partial charge in [0.25, 0.3) is 0 Å². The molecule has 0 saturated heterocycles. The van der Waals surface area contributed by atoms with Gasteiger partial charge < -0.3 is 10.1 Å². The molecule has 0 radical (unpaired) electrons. The van der Waals surface area contributed by atoms with Gasteiger partial charge in [0.2, 0.25) is 5.91 Å². The fourth-order valence-corrected chi connectivity index (χ4v) is 2.42. The molecule has 1 atom stereocenters. The molecule has 0 saturated carbocycles. The molecule has 2 aromatic rings. The molecule has 0 aromatic heterocycles. The Morgan fingerprint density at radius 1 is 0.960 bits per heavy atom. The largest absolute Gasteiger partial charge is 0.458 e. The molecule has 0 aliphatic heterocycles. The first kappa shape index (κ1) is 18.7. The van der Waals surface area contributed by atoms with Crippen LogP contribution >= 0.6 is 0 Å². The summed E-state index contributed by atoms with van der Waals surface area (Å²) in [7, 11) is 0. The first-order valence-electron chi connectivity index (χ1n) is 8.46. The van der Waals surface area contributed by atoms with Crippen LogP contribution in [0, 0.1) is 0 Å². The molecule has 0 heterocycles. The molecule has 1 N–H and O–H groups in total. The minimum Gasteiger partial charge on any atom is -0.458 e. The van der Waals surface area contributed by atoms with Gasteiger partial charge in [-0.2, -0.15) is 0 Å². The van der Waals surface area contributed by atoms with Crippen molar-refractivity contribution in [2.45, 2.75) is 45.3 Å². The third kappa shape index (κ3) is 6.42. The normalized spacial score (nSPS) is 12.3. The van der Waals surface area contributed by atoms with E-state index in [0.717, 1.165) is 5.56 Å². The molecule has 0 unspecified atom stereocenters. The molecule has 0 aliphatic rings. The van der Waals surface area contributed by atoms with Crippen molar-refractivity contribution in [2.24, 2.45) is 0 Å². The summed E-state index contributed by atoms with van der Waals surface area (Å²) in [5, 5.41) is 2.81. The molecule has 132 valence electrons. The van der Waals surface area contributed by atoms with Gasteiger partial charge in [0.15, 0.2) is 6.04 Å². The van der Waals surface area contributed by atoms with Gasteiger partial charge in [-0.05, 0) is 38.3 Å². The van der Waals surface area contributed by atoms with Crippen molar-refractivity contribution in [3.05, 3.63) is 71.8 Å². The van der Waals surface area contributed by atoms with E-state index in [1.165, 1.54) is 0 Å². The van der Waals surface area contributed by atoms with Crippen LogP contribution < -0.4 is 5.32 Å². The first-order valence-corrected chi connectivity index (χ1v) is 8.46. The molecule has 0 bridgehead atoms. The number of carbonyl (C=O) groups is 2. The van der Waals surface area contributed by atoms with Crippen molar-refractivity contribution in [1.29, 1.82) is 0 Å². The smallest absolute Gasteiger partial charge is 0.333 e. The van der Waals surface area contributed by atoms with Crippen molar-refractivity contribution < 1.29 is 14.3 Å². The van der Waals surface area contributed by atoms with E-state index in [2.05, 4.69) is 5.32 Å². The van der Waals surface area contributed by atoms with Crippen LogP contribution in [0.4, 0.5) is 0 Å². The van der Waals surface area contributed by atoms with E-state index in [4.69, 9.17) is 4.74 Å². The summed E-state index contributed by atoms with van der Waals surface area (Å²) in [6.45, 7) is 5.43. The molecule has 25 heavy (non-hydrogen) atoms. The zero-order chi connectivity index (χ0) is 18.3. The molecule has 2 rings (SSSR count). The maximum absolute atomic E-state index is 12.5. The monoisotopic (exact) mass is 339 g/mol. The lowest BCUT2D eigenvalue weighted by Crippen LogP contribution is -2.38. The number of aryl methyl sites for hydroxylation is 1. The van der Waals surface area contributed by atoms with E-state index in [9.17, 15) is 9.59 Å². The van der Waals surface area contributed by atoms with Gasteiger partial charge in [-0.1, -0.05) is 60.7 Å². The van der Waals surface area contributed by atoms with Crippen LogP contribution in [-0.2, 0) is 20.7 Å². The highest BCUT2D eigenvalue weighted by atomic mass is 16.6. The summed E-state index contributed by atoms with van der Waals surface area (Å²) in [4.78, 5) is 24.9. The summed E-state index contributed by atoms with van der Waals surface area (Å²) in [6, 6.07) is 18.2. The fourth-order valence-electron chi connectivity index (χ4n) is 2.42. The van der Waals surface area contributed by atoms with Crippen LogP contribution in [-0.4, -0.2) is 17.5 Å². The highest BCUT2D eigenvalue weighted by Crippen LogP contribution is 2.19. The van der Waals surface area contributed by atoms with Crippen LogP contribution in [0.15, 0.2) is 60.7 Å². The summed E-state index contributed by atoms with van der Waals surface area (Å²) >= 11 is 0. The van der Waals surface area contributed by atoms with Crippen molar-refractivity contribution >= 4 is 11.9 Å². The van der Waals surface area contributed by atoms with Crippen molar-refractivity contribution in [3.8, 4) is 0 Å². The summed E-state index contributed by atoms with van der Waals surface area (Å²) < 4.78 is 5.46. The van der Waals surface area contributed by atoms with Crippen molar-refractivity contribution in [2.75, 3.05) is 0 Å². The van der Waals surface area contributed by atoms with Crippen LogP contribution in [0.5, 0.6) is 0 Å². The van der Waals surface area contributed by atoms with Gasteiger partial charge in [-0.25, -0.2) is 4.79 Å². The van der Waals surface area contributed by atoms with Crippen LogP contribution in [0.1, 0.15) is 44.4 Å². The maximum atomic E-state index is 12.5. The predicted octanol–water partition coefficient (Wildman–Crippen LogP) is 3.82. The lowest BCUT2D eigenvalue weighted by Gasteiger charge is -2.25. The van der Waals surface area contributed by atoms with Crippen LogP contribution in [0.25, 0.3) is 0 Å². The second-order valence-electron chi connectivity index (χ2n) is 6.93. The topological polar surface area (TPSA) is 55.4 Å². The summed E-state index contributed by atoms with van der Waals surface area (Å²) in [6.07, 6.45) is 0.943. The molecule has 2 aromatic carbocycles. The Labute approximate surface area is 149 Å². The number of ether oxygens (including phenoxy) is 1. The number of amides is 1. The lowest BCUT2D eigenvalue weighted by molar-refractivity contribution is -0.158. The van der Waals surface area contributed by atoms with Crippen molar-refractivity contribution in [3.63, 3.8) is 0 Å². The summed E-state index contributed by atoms with van der Waals surface area (Å²) in [5.74, 6) is -0.629. The Morgan fingerprint density at radius 2 is 1.52 bits per heavy atom. The second kappa shape index (κ2) is 8.47. The average molecular weight is 339 g/mol. The molecule has 4 heteroatoms. The number of esters is 1. The van der Waals surface area contributed by atoms with Gasteiger partial charge >= 0.3 is 5.97 Å². The molecular weight excluding hydrogens is 314 g/mol. The van der Waals surface area contributed by atoms with Crippen molar-refractivity contribution in [1.82, 2.24) is 5.32 Å². The fraction of sp³-hybridized carbons (Fsp3) is 0.333. The minimum absolute atomic E-state index is 0.177. The molecular formula is C21H25NO3. The molecule has 0 fully saturated rings. The maximum Gasteiger partial charge on any atom is 0.333 e. The van der Waals surface area contributed by atoms with E-state index in [1.54, 1.807) is 0 Å². The Hall–Kier alpha value is -2.62. The zero-order valence-electron chi connectivity index (χ0n) is 15.0. The number of hydrogen-bond acceptors (Lipinski definition) is 3. The summed E-state index contributed by atoms with van der Waals surface area (Å²) in [5.41, 5.74) is 1.19. The number of benzene rings is 2. The number of nitrogens with one attached hydrogen (secondary N) is 1. The minimum atomic E-state index is -0.802. The molecule has 1 amide bonds. The quantitative estimate of drug-likeness (QED) is 0.814. The second-order valence-corrected chi connectivity index (χ2v) is 6.93. The average Bonchev–Trinajstić information content (AvgIpc) is 2.58. The van der Waals surface area contributed by atoms with E-state index in [-0.39, 0.29) is 5.91 Å². The number of hydrogen-bond donors (Lipinski definition) is 1. The zero-order valence-corrected chi connectivity index (χ0v) is 15.0. The van der Waals surface area contributed by atoms with Gasteiger partial charge in [0, 0.05) is 6.42 Å². The van der Waals surface area contributed by atoms with Gasteiger partial charge in [0.1, 0.15) is 5.60 Å². The van der Waals surface area contributed by atoms with Gasteiger partial charge in [-0.3, -0.25) is 4.79 Å². The third-order valence-electron chi connectivity index (χ3n) is 3.56. The van der Waals surface area contributed by atoms with E-state index in [0.29, 0.717) is 18.4 Å². The Bertz CT molecular complexity index is 690. The van der Waals surface area contributed by atoms with Crippen LogP contribution in [0.3, 0.4) is 0 Å². The first-order chi connectivity index (χ1) is 11.8. The Kier molecular flexibility index (Phi) is 6.34. The Morgan fingerprint density at radius 3 is 2.08 bits per heavy atom. The van der Waals surface area contributed by atoms with Gasteiger partial charge in [-0.15, -0.1) is 0 Å². The highest BCUT2D eigenvalue weighted by Gasteiger charge is 2.27. The van der Waals surface area contributed by atoms with Gasteiger partial charge in [0.05, 0.1) is 0 Å².